The Labute approximate surface area is 179 Å². The molecule has 0 aliphatic carbocycles. The normalized spacial score (nSPS) is 11.7. The van der Waals surface area contributed by atoms with Crippen molar-refractivity contribution in [3.05, 3.63) is 113 Å². The molecule has 154 valence electrons. The Balaban J connectivity index is 1.62. The molecule has 0 aliphatic heterocycles. The van der Waals surface area contributed by atoms with Crippen molar-refractivity contribution in [2.24, 2.45) is 0 Å². The summed E-state index contributed by atoms with van der Waals surface area (Å²) in [5, 5.41) is 13.2. The fraction of sp³-hybridized carbons (Fsp3) is 0.0800. The summed E-state index contributed by atoms with van der Waals surface area (Å²) in [5.74, 6) is -1.30. The van der Waals surface area contributed by atoms with Crippen LogP contribution in [-0.2, 0) is 6.42 Å². The van der Waals surface area contributed by atoms with E-state index in [1.807, 2.05) is 84.9 Å². The number of carboxylic acids is 1. The van der Waals surface area contributed by atoms with Crippen LogP contribution in [0.1, 0.15) is 37.8 Å². The number of rotatable bonds is 7. The van der Waals surface area contributed by atoms with Gasteiger partial charge in [-0.15, -0.1) is 0 Å². The first kappa shape index (κ1) is 20.1. The number of nitrogen functional groups attached to an aromatic ring is 1. The van der Waals surface area contributed by atoms with E-state index in [0.29, 0.717) is 17.7 Å². The Morgan fingerprint density at radius 2 is 1.52 bits per heavy atom. The van der Waals surface area contributed by atoms with Gasteiger partial charge >= 0.3 is 5.97 Å². The molecule has 0 amide bonds. The quantitative estimate of drug-likeness (QED) is 0.440. The van der Waals surface area contributed by atoms with Gasteiger partial charge in [-0.05, 0) is 29.7 Å². The van der Waals surface area contributed by atoms with Crippen molar-refractivity contribution in [3.63, 3.8) is 0 Å². The van der Waals surface area contributed by atoms with Crippen LogP contribution in [0.2, 0.25) is 0 Å². The molecule has 4 aromatic rings. The first-order chi connectivity index (χ1) is 15.0. The van der Waals surface area contributed by atoms with Gasteiger partial charge in [-0.3, -0.25) is 4.79 Å². The molecule has 6 nitrogen and oxygen atoms in total. The van der Waals surface area contributed by atoms with Gasteiger partial charge in [-0.25, -0.2) is 9.48 Å². The number of nitrogens with two attached hydrogens (primary N) is 1. The van der Waals surface area contributed by atoms with E-state index in [9.17, 15) is 9.59 Å². The third-order valence-corrected chi connectivity index (χ3v) is 5.23. The number of hydrogen-bond donors (Lipinski definition) is 2. The van der Waals surface area contributed by atoms with Crippen LogP contribution < -0.4 is 5.73 Å². The van der Waals surface area contributed by atoms with Crippen molar-refractivity contribution in [3.8, 4) is 5.69 Å². The van der Waals surface area contributed by atoms with Crippen LogP contribution in [0.25, 0.3) is 5.69 Å². The van der Waals surface area contributed by atoms with E-state index in [4.69, 9.17) is 10.8 Å². The minimum Gasteiger partial charge on any atom is -0.477 e. The monoisotopic (exact) mass is 411 g/mol. The molecule has 1 unspecified atom stereocenters. The molecule has 1 heterocycles. The molecule has 0 fully saturated rings. The summed E-state index contributed by atoms with van der Waals surface area (Å²) in [6.07, 6.45) is 1.77. The first-order valence-corrected chi connectivity index (χ1v) is 9.85. The molecule has 1 aromatic heterocycles. The second-order valence-corrected chi connectivity index (χ2v) is 7.22. The average molecular weight is 411 g/mol. The number of hydrogen-bond acceptors (Lipinski definition) is 4. The summed E-state index contributed by atoms with van der Waals surface area (Å²) in [6.45, 7) is 0. The zero-order valence-electron chi connectivity index (χ0n) is 16.7. The molecule has 4 rings (SSSR count). The number of aromatic carboxylic acids is 1. The summed E-state index contributed by atoms with van der Waals surface area (Å²) in [5.41, 5.74) is 9.14. The average Bonchev–Trinajstić information content (AvgIpc) is 3.20. The van der Waals surface area contributed by atoms with Crippen LogP contribution in [0.15, 0.2) is 91.1 Å². The van der Waals surface area contributed by atoms with Gasteiger partial charge in [0.15, 0.2) is 5.78 Å². The number of nitrogens with zero attached hydrogens (tertiary/aromatic N) is 2. The first-order valence-electron chi connectivity index (χ1n) is 9.85. The highest BCUT2D eigenvalue weighted by molar-refractivity contribution is 6.01. The van der Waals surface area contributed by atoms with Crippen molar-refractivity contribution in [2.75, 3.05) is 5.73 Å². The van der Waals surface area contributed by atoms with E-state index in [-0.39, 0.29) is 23.1 Å². The van der Waals surface area contributed by atoms with Gasteiger partial charge in [-0.2, -0.15) is 5.10 Å². The summed E-state index contributed by atoms with van der Waals surface area (Å²) in [7, 11) is 0. The number of ketones is 1. The molecule has 0 saturated heterocycles. The Morgan fingerprint density at radius 3 is 2.10 bits per heavy atom. The third-order valence-electron chi connectivity index (χ3n) is 5.23. The molecule has 3 aromatic carbocycles. The topological polar surface area (TPSA) is 98.2 Å². The van der Waals surface area contributed by atoms with Crippen LogP contribution in [0.3, 0.4) is 0 Å². The van der Waals surface area contributed by atoms with Gasteiger partial charge in [-0.1, -0.05) is 72.8 Å². The maximum absolute atomic E-state index is 13.3. The number of benzene rings is 3. The van der Waals surface area contributed by atoms with Gasteiger partial charge in [0.25, 0.3) is 0 Å². The zero-order chi connectivity index (χ0) is 21.8. The standard InChI is InChI=1S/C25H21N3O3/c26-24-22(25(30)31)16-27-28(24)20-13-11-17(12-14-20)15-21(18-7-3-1-4-8-18)23(29)19-9-5-2-6-10-19/h1-14,16,21H,15,26H2,(H,30,31). The summed E-state index contributed by atoms with van der Waals surface area (Å²) >= 11 is 0. The van der Waals surface area contributed by atoms with Crippen molar-refractivity contribution >= 4 is 17.6 Å². The largest absolute Gasteiger partial charge is 0.477 e. The lowest BCUT2D eigenvalue weighted by Gasteiger charge is -2.17. The van der Waals surface area contributed by atoms with Gasteiger partial charge in [0.05, 0.1) is 17.8 Å². The highest BCUT2D eigenvalue weighted by Gasteiger charge is 2.22. The number of carbonyl (C=O) groups excluding carboxylic acids is 1. The predicted octanol–water partition coefficient (Wildman–Crippen LogP) is 4.36. The van der Waals surface area contributed by atoms with Gasteiger partial charge < -0.3 is 10.8 Å². The number of Topliss-reactive ketones (excluding diaryl/α,β-unsaturated/α-hetero) is 1. The van der Waals surface area contributed by atoms with E-state index in [0.717, 1.165) is 11.1 Å². The van der Waals surface area contributed by atoms with Crippen molar-refractivity contribution in [2.45, 2.75) is 12.3 Å². The zero-order valence-corrected chi connectivity index (χ0v) is 16.7. The molecule has 0 saturated carbocycles. The van der Waals surface area contributed by atoms with Crippen molar-refractivity contribution < 1.29 is 14.7 Å². The minimum atomic E-state index is -1.12. The van der Waals surface area contributed by atoms with E-state index in [1.54, 1.807) is 0 Å². The SMILES string of the molecule is Nc1c(C(=O)O)cnn1-c1ccc(CC(C(=O)c2ccccc2)c2ccccc2)cc1. The number of carboxylic acid groups (broad SMARTS) is 1. The molecule has 1 atom stereocenters. The second-order valence-electron chi connectivity index (χ2n) is 7.22. The minimum absolute atomic E-state index is 0.0401. The van der Waals surface area contributed by atoms with E-state index >= 15 is 0 Å². The molecule has 0 spiro atoms. The lowest BCUT2D eigenvalue weighted by atomic mass is 9.85. The number of carbonyl (C=O) groups is 2. The highest BCUT2D eigenvalue weighted by atomic mass is 16.4. The molecule has 0 radical (unpaired) electrons. The maximum atomic E-state index is 13.3. The third kappa shape index (κ3) is 4.23. The van der Waals surface area contributed by atoms with Crippen LogP contribution in [-0.4, -0.2) is 26.6 Å². The Hall–Kier alpha value is -4.19. The molecular weight excluding hydrogens is 390 g/mol. The highest BCUT2D eigenvalue weighted by Crippen LogP contribution is 2.26. The Morgan fingerprint density at radius 1 is 0.903 bits per heavy atom. The van der Waals surface area contributed by atoms with Gasteiger partial charge in [0.1, 0.15) is 11.4 Å². The van der Waals surface area contributed by atoms with E-state index in [1.165, 1.54) is 10.9 Å². The number of anilines is 1. The van der Waals surface area contributed by atoms with E-state index in [2.05, 4.69) is 5.10 Å². The van der Waals surface area contributed by atoms with Crippen LogP contribution >= 0.6 is 0 Å². The number of aromatic nitrogens is 2. The van der Waals surface area contributed by atoms with Crippen LogP contribution in [0, 0.1) is 0 Å². The van der Waals surface area contributed by atoms with Crippen molar-refractivity contribution in [1.82, 2.24) is 9.78 Å². The Bertz CT molecular complexity index is 1200. The molecule has 0 bridgehead atoms. The molecule has 6 heteroatoms. The summed E-state index contributed by atoms with van der Waals surface area (Å²) < 4.78 is 1.39. The van der Waals surface area contributed by atoms with Crippen molar-refractivity contribution in [1.29, 1.82) is 0 Å². The molecule has 0 aliphatic rings. The smallest absolute Gasteiger partial charge is 0.341 e. The second kappa shape index (κ2) is 8.67. The van der Waals surface area contributed by atoms with Crippen LogP contribution in [0.4, 0.5) is 5.82 Å². The lowest BCUT2D eigenvalue weighted by molar-refractivity contribution is 0.0697. The molecular formula is C25H21N3O3. The Kier molecular flexibility index (Phi) is 5.62. The molecule has 31 heavy (non-hydrogen) atoms. The fourth-order valence-electron chi connectivity index (χ4n) is 3.59. The fourth-order valence-corrected chi connectivity index (χ4v) is 3.59. The van der Waals surface area contributed by atoms with Crippen LogP contribution in [0.5, 0.6) is 0 Å². The predicted molar refractivity (Wildman–Crippen MR) is 119 cm³/mol. The van der Waals surface area contributed by atoms with Gasteiger partial charge in [0, 0.05) is 5.56 Å². The summed E-state index contributed by atoms with van der Waals surface area (Å²) in [6, 6.07) is 26.5. The molecule has 3 N–H and O–H groups in total. The van der Waals surface area contributed by atoms with Gasteiger partial charge in [0.2, 0.25) is 0 Å². The van der Waals surface area contributed by atoms with E-state index < -0.39 is 5.97 Å². The maximum Gasteiger partial charge on any atom is 0.341 e. The summed E-state index contributed by atoms with van der Waals surface area (Å²) in [4.78, 5) is 24.5. The lowest BCUT2D eigenvalue weighted by Crippen LogP contribution is -2.16.